The van der Waals surface area contributed by atoms with Crippen LogP contribution in [0.2, 0.25) is 5.02 Å². The number of benzene rings is 2. The zero-order chi connectivity index (χ0) is 26.7. The van der Waals surface area contributed by atoms with Gasteiger partial charge in [0.15, 0.2) is 5.69 Å². The van der Waals surface area contributed by atoms with Crippen molar-refractivity contribution in [3.05, 3.63) is 81.2 Å². The Bertz CT molecular complexity index is 1420. The van der Waals surface area contributed by atoms with Crippen molar-refractivity contribution in [2.75, 3.05) is 6.54 Å². The monoisotopic (exact) mass is 537 g/mol. The number of ether oxygens (including phenoxy) is 2. The maximum atomic E-state index is 13.6. The molecule has 2 unspecified atom stereocenters. The molecular weight excluding hydrogens is 522 g/mol. The molecule has 37 heavy (non-hydrogen) atoms. The van der Waals surface area contributed by atoms with Crippen LogP contribution < -0.4 is 25.7 Å². The molecule has 1 aliphatic rings. The van der Waals surface area contributed by atoms with Crippen LogP contribution >= 0.6 is 11.6 Å². The van der Waals surface area contributed by atoms with E-state index in [2.05, 4.69) is 15.6 Å². The lowest BCUT2D eigenvalue weighted by Gasteiger charge is -2.30. The summed E-state index contributed by atoms with van der Waals surface area (Å²) in [5.41, 5.74) is -2.77. The van der Waals surface area contributed by atoms with E-state index in [9.17, 15) is 27.2 Å². The SMILES string of the molecule is N#Cc1cc(Cl)cc(Oc2c(C(F)(F)F)ncn(CC3CNC(Oc4ccc(F)cc4)NC3=O)c2=O)c1. The number of carbonyl (C=O) groups excluding carboxylic acids is 1. The Morgan fingerprint density at radius 2 is 1.89 bits per heavy atom. The topological polar surface area (TPSA) is 118 Å². The van der Waals surface area contributed by atoms with Crippen molar-refractivity contribution in [2.45, 2.75) is 19.1 Å². The summed E-state index contributed by atoms with van der Waals surface area (Å²) in [6, 6.07) is 10.4. The van der Waals surface area contributed by atoms with Crippen molar-refractivity contribution in [1.29, 1.82) is 5.26 Å². The summed E-state index contributed by atoms with van der Waals surface area (Å²) in [4.78, 5) is 28.9. The smallest absolute Gasteiger partial charge is 0.437 e. The molecule has 0 radical (unpaired) electrons. The standard InChI is InChI=1S/C23H16ClF4N5O4/c24-14-5-12(8-29)6-17(7-14)36-18-19(23(26,27)28)31-11-33(21(18)35)10-13-9-30-22(32-20(13)34)37-16-3-1-15(25)2-4-16/h1-7,11,13,22,30H,9-10H2,(H,32,34). The third-order valence-electron chi connectivity index (χ3n) is 5.16. The second-order valence-corrected chi connectivity index (χ2v) is 8.27. The minimum Gasteiger partial charge on any atom is -0.457 e. The Morgan fingerprint density at radius 3 is 2.54 bits per heavy atom. The molecule has 0 spiro atoms. The summed E-state index contributed by atoms with van der Waals surface area (Å²) < 4.78 is 65.3. The number of amides is 1. The fraction of sp³-hybridized carbons (Fsp3) is 0.217. The number of nitrogens with one attached hydrogen (secondary N) is 2. The fourth-order valence-corrected chi connectivity index (χ4v) is 3.67. The highest BCUT2D eigenvalue weighted by Gasteiger charge is 2.39. The molecule has 3 aromatic rings. The van der Waals surface area contributed by atoms with E-state index in [1.165, 1.54) is 30.3 Å². The van der Waals surface area contributed by atoms with Crippen molar-refractivity contribution >= 4 is 17.5 Å². The van der Waals surface area contributed by atoms with Crippen molar-refractivity contribution < 1.29 is 31.8 Å². The third kappa shape index (κ3) is 6.16. The highest BCUT2D eigenvalue weighted by molar-refractivity contribution is 6.30. The van der Waals surface area contributed by atoms with Gasteiger partial charge in [0.2, 0.25) is 18.0 Å². The quantitative estimate of drug-likeness (QED) is 0.463. The van der Waals surface area contributed by atoms with Crippen LogP contribution in [0.4, 0.5) is 17.6 Å². The van der Waals surface area contributed by atoms with Crippen LogP contribution in [-0.4, -0.2) is 28.4 Å². The first-order valence-corrected chi connectivity index (χ1v) is 10.9. The van der Waals surface area contributed by atoms with Crippen LogP contribution in [0.3, 0.4) is 0 Å². The summed E-state index contributed by atoms with van der Waals surface area (Å²) in [7, 11) is 0. The summed E-state index contributed by atoms with van der Waals surface area (Å²) in [6.07, 6.45) is -5.31. The van der Waals surface area contributed by atoms with E-state index in [-0.39, 0.29) is 35.2 Å². The van der Waals surface area contributed by atoms with Gasteiger partial charge in [0.05, 0.1) is 23.9 Å². The van der Waals surface area contributed by atoms with E-state index in [4.69, 9.17) is 26.3 Å². The van der Waals surface area contributed by atoms with E-state index in [0.717, 1.165) is 16.7 Å². The summed E-state index contributed by atoms with van der Waals surface area (Å²) in [5.74, 6) is -3.02. The van der Waals surface area contributed by atoms with E-state index in [0.29, 0.717) is 6.33 Å². The Morgan fingerprint density at radius 1 is 1.16 bits per heavy atom. The van der Waals surface area contributed by atoms with Gasteiger partial charge < -0.3 is 14.8 Å². The lowest BCUT2D eigenvalue weighted by Crippen LogP contribution is -2.59. The molecule has 192 valence electrons. The molecule has 9 nitrogen and oxygen atoms in total. The minimum absolute atomic E-state index is 0.00116. The first-order chi connectivity index (χ1) is 17.5. The molecule has 2 aromatic carbocycles. The predicted molar refractivity (Wildman–Crippen MR) is 120 cm³/mol. The molecule has 2 atom stereocenters. The summed E-state index contributed by atoms with van der Waals surface area (Å²) >= 11 is 5.88. The molecule has 1 aromatic heterocycles. The predicted octanol–water partition coefficient (Wildman–Crippen LogP) is 3.42. The van der Waals surface area contributed by atoms with Crippen molar-refractivity contribution in [1.82, 2.24) is 20.2 Å². The number of halogens is 5. The number of carbonyl (C=O) groups is 1. The first kappa shape index (κ1) is 25.9. The average molecular weight is 538 g/mol. The zero-order valence-electron chi connectivity index (χ0n) is 18.6. The molecule has 1 fully saturated rings. The highest BCUT2D eigenvalue weighted by atomic mass is 35.5. The molecule has 0 bridgehead atoms. The Balaban J connectivity index is 1.54. The number of alkyl halides is 3. The normalized spacial score (nSPS) is 17.6. The van der Waals surface area contributed by atoms with Gasteiger partial charge in [0.1, 0.15) is 17.3 Å². The molecule has 14 heteroatoms. The van der Waals surface area contributed by atoms with Crippen LogP contribution in [0.15, 0.2) is 53.6 Å². The molecule has 1 saturated heterocycles. The van der Waals surface area contributed by atoms with E-state index < -0.39 is 47.2 Å². The van der Waals surface area contributed by atoms with Gasteiger partial charge in [0, 0.05) is 18.1 Å². The average Bonchev–Trinajstić information content (AvgIpc) is 2.83. The molecule has 2 heterocycles. The van der Waals surface area contributed by atoms with Gasteiger partial charge in [-0.25, -0.2) is 9.37 Å². The summed E-state index contributed by atoms with van der Waals surface area (Å²) in [6.45, 7) is -0.331. The summed E-state index contributed by atoms with van der Waals surface area (Å²) in [5, 5.41) is 14.5. The molecule has 0 saturated carbocycles. The number of hydrogen-bond acceptors (Lipinski definition) is 7. The molecule has 2 N–H and O–H groups in total. The van der Waals surface area contributed by atoms with E-state index >= 15 is 0 Å². The van der Waals surface area contributed by atoms with Crippen LogP contribution in [0.25, 0.3) is 0 Å². The van der Waals surface area contributed by atoms with Crippen LogP contribution in [0.1, 0.15) is 11.3 Å². The number of nitrogens with zero attached hydrogens (tertiary/aromatic N) is 3. The minimum atomic E-state index is -5.03. The Hall–Kier alpha value is -4.15. The molecule has 4 rings (SSSR count). The van der Waals surface area contributed by atoms with Crippen molar-refractivity contribution in [3.8, 4) is 23.3 Å². The molecule has 0 aliphatic carbocycles. The second kappa shape index (κ2) is 10.5. The maximum absolute atomic E-state index is 13.6. The Kier molecular flexibility index (Phi) is 7.33. The highest BCUT2D eigenvalue weighted by Crippen LogP contribution is 2.35. The molecule has 1 aliphatic heterocycles. The van der Waals surface area contributed by atoms with Crippen molar-refractivity contribution in [2.24, 2.45) is 5.92 Å². The lowest BCUT2D eigenvalue weighted by molar-refractivity contribution is -0.142. The lowest BCUT2D eigenvalue weighted by atomic mass is 10.1. The number of aromatic nitrogens is 2. The first-order valence-electron chi connectivity index (χ1n) is 10.5. The van der Waals surface area contributed by atoms with Gasteiger partial charge in [-0.1, -0.05) is 11.6 Å². The van der Waals surface area contributed by atoms with Gasteiger partial charge in [-0.15, -0.1) is 0 Å². The van der Waals surface area contributed by atoms with Gasteiger partial charge in [-0.05, 0) is 42.5 Å². The van der Waals surface area contributed by atoms with Crippen molar-refractivity contribution in [3.63, 3.8) is 0 Å². The van der Waals surface area contributed by atoms with Gasteiger partial charge in [-0.2, -0.15) is 18.4 Å². The number of hydrogen-bond donors (Lipinski definition) is 2. The van der Waals surface area contributed by atoms with Gasteiger partial charge in [-0.3, -0.25) is 19.5 Å². The van der Waals surface area contributed by atoms with Gasteiger partial charge >= 0.3 is 6.18 Å². The number of nitriles is 1. The fourth-order valence-electron chi connectivity index (χ4n) is 3.44. The van der Waals surface area contributed by atoms with Gasteiger partial charge in [0.25, 0.3) is 5.56 Å². The van der Waals surface area contributed by atoms with E-state index in [1.807, 2.05) is 0 Å². The maximum Gasteiger partial charge on any atom is 0.437 e. The van der Waals surface area contributed by atoms with E-state index in [1.54, 1.807) is 6.07 Å². The van der Waals surface area contributed by atoms with Crippen LogP contribution in [-0.2, 0) is 17.5 Å². The van der Waals surface area contributed by atoms with Crippen LogP contribution in [0, 0.1) is 23.1 Å². The largest absolute Gasteiger partial charge is 0.457 e. The molecular formula is C23H16ClF4N5O4. The molecule has 1 amide bonds. The third-order valence-corrected chi connectivity index (χ3v) is 5.38. The number of rotatable bonds is 6. The van der Waals surface area contributed by atoms with Crippen LogP contribution in [0.5, 0.6) is 17.2 Å². The zero-order valence-corrected chi connectivity index (χ0v) is 19.3. The second-order valence-electron chi connectivity index (χ2n) is 7.83. The Labute approximate surface area is 211 Å².